The first kappa shape index (κ1) is 46.3. The van der Waals surface area contributed by atoms with Gasteiger partial charge in [0.05, 0.1) is 22.0 Å². The summed E-state index contributed by atoms with van der Waals surface area (Å²) in [6.45, 7) is 10.1. The zero-order chi connectivity index (χ0) is 46.0. The average molecular weight is 908 g/mol. The number of fused-ring (bicyclic) bond motifs is 6. The van der Waals surface area contributed by atoms with E-state index in [0.717, 1.165) is 33.6 Å². The SMILES string of the molecule is CC1(C)C(=CC=CC=CC=CC2=[N+](CCCCCC(=O)ON3C(=O)CC(S(=O)(=O)O)C3=O)c3ccc4ccccc4c3C2(C)C)N(CCCCS(=O)(=O)[O-])c2ccc3ccccc3c21. The number of unbranched alkanes of at least 4 members (excludes halogenated alkanes) is 3. The van der Waals surface area contributed by atoms with Gasteiger partial charge in [-0.3, -0.25) is 14.1 Å². The molecule has 1 atom stereocenters. The van der Waals surface area contributed by atoms with E-state index in [-0.39, 0.29) is 34.5 Å². The summed E-state index contributed by atoms with van der Waals surface area (Å²) in [5, 5.41) is 2.79. The molecule has 0 bridgehead atoms. The van der Waals surface area contributed by atoms with Gasteiger partial charge in [-0.2, -0.15) is 13.0 Å². The Hall–Kier alpha value is -5.74. The molecule has 64 heavy (non-hydrogen) atoms. The molecule has 13 nitrogen and oxygen atoms in total. The van der Waals surface area contributed by atoms with Crippen molar-refractivity contribution in [1.82, 2.24) is 5.06 Å². The lowest BCUT2D eigenvalue weighted by atomic mass is 9.79. The van der Waals surface area contributed by atoms with E-state index < -0.39 is 49.7 Å². The van der Waals surface area contributed by atoms with E-state index in [0.29, 0.717) is 38.8 Å². The Morgan fingerprint density at radius 3 is 2.11 bits per heavy atom. The fourth-order valence-electron chi connectivity index (χ4n) is 9.36. The molecule has 1 saturated heterocycles. The van der Waals surface area contributed by atoms with Gasteiger partial charge in [0.1, 0.15) is 6.54 Å². The number of carbonyl (C=O) groups excluding carboxylic acids is 3. The number of rotatable bonds is 17. The molecule has 15 heteroatoms. The molecule has 1 fully saturated rings. The monoisotopic (exact) mass is 907 g/mol. The summed E-state index contributed by atoms with van der Waals surface area (Å²) >= 11 is 0. The molecule has 3 heterocycles. The van der Waals surface area contributed by atoms with Gasteiger partial charge in [0.2, 0.25) is 5.69 Å². The summed E-state index contributed by atoms with van der Waals surface area (Å²) < 4.78 is 68.4. The Balaban J connectivity index is 1.06. The number of hydroxylamine groups is 2. The molecule has 0 radical (unpaired) electrons. The number of imide groups is 1. The first-order valence-electron chi connectivity index (χ1n) is 21.5. The van der Waals surface area contributed by atoms with E-state index in [2.05, 4.69) is 97.9 Å². The summed E-state index contributed by atoms with van der Waals surface area (Å²) in [5.41, 5.74) is 6.09. The minimum atomic E-state index is -4.82. The highest BCUT2D eigenvalue weighted by Gasteiger charge is 2.49. The Kier molecular flexibility index (Phi) is 13.3. The fourth-order valence-corrected chi connectivity index (χ4v) is 10.6. The van der Waals surface area contributed by atoms with Gasteiger partial charge in [-0.25, -0.2) is 13.2 Å². The molecule has 3 aliphatic rings. The maximum absolute atomic E-state index is 12.5. The Morgan fingerprint density at radius 2 is 1.44 bits per heavy atom. The van der Waals surface area contributed by atoms with Crippen LogP contribution in [0.2, 0.25) is 0 Å². The number of anilines is 1. The van der Waals surface area contributed by atoms with Gasteiger partial charge < -0.3 is 14.3 Å². The van der Waals surface area contributed by atoms with E-state index in [1.54, 1.807) is 0 Å². The zero-order valence-corrected chi connectivity index (χ0v) is 38.0. The highest BCUT2D eigenvalue weighted by atomic mass is 32.2. The molecule has 1 N–H and O–H groups in total. The largest absolute Gasteiger partial charge is 0.748 e. The van der Waals surface area contributed by atoms with E-state index in [9.17, 15) is 40.3 Å². The zero-order valence-electron chi connectivity index (χ0n) is 36.4. The van der Waals surface area contributed by atoms with Crippen LogP contribution in [0.1, 0.15) is 83.8 Å². The number of hydrogen-bond donors (Lipinski definition) is 1. The van der Waals surface area contributed by atoms with Crippen molar-refractivity contribution < 1.29 is 49.7 Å². The smallest absolute Gasteiger partial charge is 0.333 e. The molecule has 7 rings (SSSR count). The molecule has 4 aromatic carbocycles. The summed E-state index contributed by atoms with van der Waals surface area (Å²) in [6.07, 6.45) is 15.9. The first-order valence-corrected chi connectivity index (χ1v) is 24.6. The van der Waals surface area contributed by atoms with Crippen LogP contribution in [0.5, 0.6) is 0 Å². The van der Waals surface area contributed by atoms with Gasteiger partial charge in [-0.1, -0.05) is 98.8 Å². The summed E-state index contributed by atoms with van der Waals surface area (Å²) in [7, 11) is -9.10. The van der Waals surface area contributed by atoms with Crippen LogP contribution in [0.4, 0.5) is 11.4 Å². The minimum absolute atomic E-state index is 0.0971. The predicted octanol–water partition coefficient (Wildman–Crippen LogP) is 8.08. The molecule has 0 aliphatic carbocycles. The van der Waals surface area contributed by atoms with Crippen LogP contribution < -0.4 is 4.90 Å². The molecule has 0 spiro atoms. The Bertz CT molecular complexity index is 2910. The topological polar surface area (TPSA) is 182 Å². The highest BCUT2D eigenvalue weighted by molar-refractivity contribution is 7.87. The summed E-state index contributed by atoms with van der Waals surface area (Å²) in [5.74, 6) is -3.53. The van der Waals surface area contributed by atoms with Crippen molar-refractivity contribution in [2.24, 2.45) is 0 Å². The number of amides is 2. The standard InChI is InChI=1S/C49H53N3O10S2/c1-48(2)41(23-9-6-5-7-10-24-42-49(3,4)46-37-22-15-13-20-35(37)27-29-39(46)51(42)31-17-18-32-63(56,57)58)50(38-28-26-34-19-12-14-21-36(34)45(38)48)30-16-8-11-25-44(54)62-52-43(53)33-40(47(52)55)64(59,60)61/h5-7,9-10,12-15,19-24,26-29,40H,8,11,16-18,25,30-33H2,1-4H3,(H-,56,57,58,59,60,61). The van der Waals surface area contributed by atoms with Crippen LogP contribution in [0, 0.1) is 0 Å². The number of nitrogens with zero attached hydrogens (tertiary/aromatic N) is 3. The van der Waals surface area contributed by atoms with Gasteiger partial charge in [0.25, 0.3) is 21.9 Å². The summed E-state index contributed by atoms with van der Waals surface area (Å²) in [4.78, 5) is 44.1. The van der Waals surface area contributed by atoms with E-state index >= 15 is 0 Å². The van der Waals surface area contributed by atoms with Crippen molar-refractivity contribution in [2.75, 3.05) is 23.7 Å². The molecule has 2 amide bonds. The van der Waals surface area contributed by atoms with E-state index in [4.69, 9.17) is 4.84 Å². The minimum Gasteiger partial charge on any atom is -0.748 e. The van der Waals surface area contributed by atoms with Crippen molar-refractivity contribution in [1.29, 1.82) is 0 Å². The second kappa shape index (κ2) is 18.4. The number of hydrogen-bond acceptors (Lipinski definition) is 10. The Labute approximate surface area is 374 Å². The molecule has 0 aromatic heterocycles. The average Bonchev–Trinajstić information content (AvgIpc) is 3.74. The van der Waals surface area contributed by atoms with Crippen LogP contribution in [0.25, 0.3) is 21.5 Å². The van der Waals surface area contributed by atoms with Gasteiger partial charge in [-0.05, 0) is 84.8 Å². The van der Waals surface area contributed by atoms with Crippen LogP contribution >= 0.6 is 0 Å². The fraction of sp³-hybridized carbons (Fsp3) is 0.347. The Morgan fingerprint density at radius 1 is 0.797 bits per heavy atom. The van der Waals surface area contributed by atoms with E-state index in [1.807, 2.05) is 54.6 Å². The van der Waals surface area contributed by atoms with Gasteiger partial charge in [0.15, 0.2) is 11.0 Å². The quantitative estimate of drug-likeness (QED) is 0.0356. The molecule has 0 saturated carbocycles. The third-order valence-corrected chi connectivity index (χ3v) is 14.2. The predicted molar refractivity (Wildman–Crippen MR) is 247 cm³/mol. The van der Waals surface area contributed by atoms with Crippen LogP contribution in [0.3, 0.4) is 0 Å². The second-order valence-electron chi connectivity index (χ2n) is 17.5. The lowest BCUT2D eigenvalue weighted by Crippen LogP contribution is -2.36. The number of benzene rings is 4. The summed E-state index contributed by atoms with van der Waals surface area (Å²) in [6, 6.07) is 25.1. The second-order valence-corrected chi connectivity index (χ2v) is 20.6. The van der Waals surface area contributed by atoms with Gasteiger partial charge in [-0.15, -0.1) is 5.06 Å². The molecular weight excluding hydrogens is 855 g/mol. The maximum atomic E-state index is 12.5. The number of allylic oxidation sites excluding steroid dienone is 8. The van der Waals surface area contributed by atoms with Crippen molar-refractivity contribution in [3.05, 3.63) is 132 Å². The van der Waals surface area contributed by atoms with Crippen molar-refractivity contribution in [2.45, 2.75) is 88.7 Å². The lowest BCUT2D eigenvalue weighted by Gasteiger charge is -2.27. The van der Waals surface area contributed by atoms with Crippen molar-refractivity contribution in [3.8, 4) is 0 Å². The first-order chi connectivity index (χ1) is 30.3. The normalized spacial score (nSPS) is 19.2. The van der Waals surface area contributed by atoms with Crippen molar-refractivity contribution >= 4 is 76.7 Å². The molecule has 336 valence electrons. The van der Waals surface area contributed by atoms with E-state index in [1.165, 1.54) is 21.9 Å². The van der Waals surface area contributed by atoms with Gasteiger partial charge >= 0.3 is 5.97 Å². The third-order valence-electron chi connectivity index (χ3n) is 12.4. The van der Waals surface area contributed by atoms with Crippen molar-refractivity contribution in [3.63, 3.8) is 0 Å². The lowest BCUT2D eigenvalue weighted by molar-refractivity contribution is -0.438. The van der Waals surface area contributed by atoms with Crippen LogP contribution in [-0.4, -0.2) is 83.2 Å². The van der Waals surface area contributed by atoms with Crippen LogP contribution in [-0.2, 0) is 50.3 Å². The molecule has 1 unspecified atom stereocenters. The highest BCUT2D eigenvalue weighted by Crippen LogP contribution is 2.51. The molecular formula is C49H53N3O10S2. The molecule has 4 aromatic rings. The van der Waals surface area contributed by atoms with Crippen LogP contribution in [0.15, 0.2) is 121 Å². The maximum Gasteiger partial charge on any atom is 0.333 e. The van der Waals surface area contributed by atoms with Gasteiger partial charge in [0, 0.05) is 59.6 Å². The molecule has 3 aliphatic heterocycles. The third kappa shape index (κ3) is 9.53. The number of carbonyl (C=O) groups is 3.